The van der Waals surface area contributed by atoms with Crippen molar-refractivity contribution in [2.24, 2.45) is 5.11 Å². The second-order valence-corrected chi connectivity index (χ2v) is 4.17. The molecule has 0 aliphatic rings. The predicted molar refractivity (Wildman–Crippen MR) is 62.8 cm³/mol. The van der Waals surface area contributed by atoms with Crippen LogP contribution in [-0.4, -0.2) is 6.54 Å². The van der Waals surface area contributed by atoms with Gasteiger partial charge in [-0.2, -0.15) is 0 Å². The minimum absolute atomic E-state index is 0.0417. The molecule has 0 N–H and O–H groups in total. The lowest BCUT2D eigenvalue weighted by Crippen LogP contribution is -2.24. The molecule has 1 aromatic rings. The van der Waals surface area contributed by atoms with E-state index in [2.05, 4.69) is 55.1 Å². The normalized spacial score (nSPS) is 14.1. The first-order valence-corrected chi connectivity index (χ1v) is 5.20. The Morgan fingerprint density at radius 2 is 1.93 bits per heavy atom. The standard InChI is InChI=1S/C12H17N3/c1-4-12(3,9-14-15-13)11-7-5-10(2)6-8-11/h5-8H,4,9H2,1-3H3. The van der Waals surface area contributed by atoms with Crippen LogP contribution >= 0.6 is 0 Å². The van der Waals surface area contributed by atoms with Crippen molar-refractivity contribution >= 4 is 0 Å². The maximum absolute atomic E-state index is 8.37. The molecule has 0 saturated carbocycles. The van der Waals surface area contributed by atoms with Crippen molar-refractivity contribution in [3.05, 3.63) is 45.8 Å². The molecular weight excluding hydrogens is 186 g/mol. The summed E-state index contributed by atoms with van der Waals surface area (Å²) in [5, 5.41) is 3.69. The molecule has 0 aromatic heterocycles. The molecule has 0 aliphatic carbocycles. The van der Waals surface area contributed by atoms with Gasteiger partial charge in [-0.25, -0.2) is 0 Å². The van der Waals surface area contributed by atoms with Crippen LogP contribution in [0.4, 0.5) is 0 Å². The number of azide groups is 1. The van der Waals surface area contributed by atoms with Gasteiger partial charge in [-0.1, -0.05) is 48.8 Å². The van der Waals surface area contributed by atoms with E-state index >= 15 is 0 Å². The van der Waals surface area contributed by atoms with E-state index in [1.54, 1.807) is 0 Å². The van der Waals surface area contributed by atoms with Crippen molar-refractivity contribution in [1.82, 2.24) is 0 Å². The highest BCUT2D eigenvalue weighted by Gasteiger charge is 2.23. The highest BCUT2D eigenvalue weighted by molar-refractivity contribution is 5.28. The average molecular weight is 203 g/mol. The molecule has 0 fully saturated rings. The largest absolute Gasteiger partial charge is 0.0931 e. The van der Waals surface area contributed by atoms with Gasteiger partial charge in [0, 0.05) is 11.5 Å². The fourth-order valence-corrected chi connectivity index (χ4v) is 1.55. The van der Waals surface area contributed by atoms with Crippen LogP contribution in [0.5, 0.6) is 0 Å². The van der Waals surface area contributed by atoms with Crippen LogP contribution in [0.2, 0.25) is 0 Å². The molecule has 0 amide bonds. The summed E-state index contributed by atoms with van der Waals surface area (Å²) in [4.78, 5) is 2.84. The van der Waals surface area contributed by atoms with E-state index in [0.717, 1.165) is 6.42 Å². The lowest BCUT2D eigenvalue weighted by molar-refractivity contribution is 0.466. The summed E-state index contributed by atoms with van der Waals surface area (Å²) >= 11 is 0. The highest BCUT2D eigenvalue weighted by atomic mass is 15.1. The number of aryl methyl sites for hydroxylation is 1. The topological polar surface area (TPSA) is 48.8 Å². The van der Waals surface area contributed by atoms with Crippen LogP contribution in [0.1, 0.15) is 31.4 Å². The molecule has 1 unspecified atom stereocenters. The molecule has 80 valence electrons. The molecule has 0 spiro atoms. The Morgan fingerprint density at radius 1 is 1.33 bits per heavy atom. The van der Waals surface area contributed by atoms with Gasteiger partial charge in [-0.15, -0.1) is 0 Å². The molecule has 15 heavy (non-hydrogen) atoms. The second-order valence-electron chi connectivity index (χ2n) is 4.17. The molecule has 1 atom stereocenters. The summed E-state index contributed by atoms with van der Waals surface area (Å²) in [5.41, 5.74) is 10.8. The zero-order valence-electron chi connectivity index (χ0n) is 9.57. The molecule has 0 aliphatic heterocycles. The molecule has 3 nitrogen and oxygen atoms in total. The van der Waals surface area contributed by atoms with E-state index in [1.165, 1.54) is 11.1 Å². The Hall–Kier alpha value is -1.47. The SMILES string of the molecule is CCC(C)(CN=[N+]=[N-])c1ccc(C)cc1. The molecule has 0 bridgehead atoms. The summed E-state index contributed by atoms with van der Waals surface area (Å²) in [6.07, 6.45) is 0.967. The van der Waals surface area contributed by atoms with E-state index in [0.29, 0.717) is 6.54 Å². The molecular formula is C12H17N3. The highest BCUT2D eigenvalue weighted by Crippen LogP contribution is 2.28. The van der Waals surface area contributed by atoms with Gasteiger partial charge in [0.1, 0.15) is 0 Å². The Labute approximate surface area is 90.8 Å². The van der Waals surface area contributed by atoms with E-state index in [1.807, 2.05) is 0 Å². The smallest absolute Gasteiger partial charge is 0.0352 e. The van der Waals surface area contributed by atoms with Crippen molar-refractivity contribution in [2.45, 2.75) is 32.6 Å². The molecule has 1 rings (SSSR count). The van der Waals surface area contributed by atoms with E-state index in [-0.39, 0.29) is 5.41 Å². The van der Waals surface area contributed by atoms with Crippen LogP contribution < -0.4 is 0 Å². The van der Waals surface area contributed by atoms with E-state index in [9.17, 15) is 0 Å². The maximum Gasteiger partial charge on any atom is 0.0352 e. The van der Waals surface area contributed by atoms with Crippen LogP contribution in [0.3, 0.4) is 0 Å². The lowest BCUT2D eigenvalue weighted by atomic mass is 9.80. The quantitative estimate of drug-likeness (QED) is 0.404. The Bertz CT molecular complexity index is 363. The van der Waals surface area contributed by atoms with Crippen molar-refractivity contribution < 1.29 is 0 Å². The number of hydrogen-bond acceptors (Lipinski definition) is 1. The Morgan fingerprint density at radius 3 is 2.40 bits per heavy atom. The van der Waals surface area contributed by atoms with Crippen LogP contribution in [-0.2, 0) is 5.41 Å². The lowest BCUT2D eigenvalue weighted by Gasteiger charge is -2.26. The first-order valence-electron chi connectivity index (χ1n) is 5.20. The number of rotatable bonds is 4. The molecule has 3 heteroatoms. The predicted octanol–water partition coefficient (Wildman–Crippen LogP) is 3.97. The average Bonchev–Trinajstić information content (AvgIpc) is 2.27. The van der Waals surface area contributed by atoms with Crippen LogP contribution in [0.15, 0.2) is 29.4 Å². The van der Waals surface area contributed by atoms with Crippen LogP contribution in [0, 0.1) is 6.92 Å². The van der Waals surface area contributed by atoms with Gasteiger partial charge < -0.3 is 0 Å². The van der Waals surface area contributed by atoms with Gasteiger partial charge in [0.15, 0.2) is 0 Å². The molecule has 1 aromatic carbocycles. The zero-order chi connectivity index (χ0) is 11.3. The van der Waals surface area contributed by atoms with Gasteiger partial charge in [0.25, 0.3) is 0 Å². The number of benzene rings is 1. The number of hydrogen-bond donors (Lipinski definition) is 0. The molecule has 0 saturated heterocycles. The Balaban J connectivity index is 2.99. The van der Waals surface area contributed by atoms with Gasteiger partial charge >= 0.3 is 0 Å². The Kier molecular flexibility index (Phi) is 3.75. The minimum Gasteiger partial charge on any atom is -0.0931 e. The van der Waals surface area contributed by atoms with Gasteiger partial charge in [-0.3, -0.25) is 0 Å². The fourth-order valence-electron chi connectivity index (χ4n) is 1.55. The second kappa shape index (κ2) is 4.85. The first kappa shape index (κ1) is 11.6. The van der Waals surface area contributed by atoms with Gasteiger partial charge in [0.05, 0.1) is 0 Å². The van der Waals surface area contributed by atoms with E-state index in [4.69, 9.17) is 5.53 Å². The first-order chi connectivity index (χ1) is 7.12. The minimum atomic E-state index is -0.0417. The van der Waals surface area contributed by atoms with Crippen molar-refractivity contribution in [3.8, 4) is 0 Å². The summed E-state index contributed by atoms with van der Waals surface area (Å²) in [7, 11) is 0. The van der Waals surface area contributed by atoms with Gasteiger partial charge in [-0.05, 0) is 29.9 Å². The third kappa shape index (κ3) is 2.74. The summed E-state index contributed by atoms with van der Waals surface area (Å²) in [6.45, 7) is 6.84. The summed E-state index contributed by atoms with van der Waals surface area (Å²) in [5.74, 6) is 0. The maximum atomic E-state index is 8.37. The number of nitrogens with zero attached hydrogens (tertiary/aromatic N) is 3. The van der Waals surface area contributed by atoms with Crippen LogP contribution in [0.25, 0.3) is 10.4 Å². The summed E-state index contributed by atoms with van der Waals surface area (Å²) < 4.78 is 0. The van der Waals surface area contributed by atoms with Crippen molar-refractivity contribution in [2.75, 3.05) is 6.54 Å². The third-order valence-electron chi connectivity index (χ3n) is 3.01. The fraction of sp³-hybridized carbons (Fsp3) is 0.500. The molecule has 0 radical (unpaired) electrons. The zero-order valence-corrected chi connectivity index (χ0v) is 9.57. The summed E-state index contributed by atoms with van der Waals surface area (Å²) in [6, 6.07) is 8.43. The van der Waals surface area contributed by atoms with E-state index < -0.39 is 0 Å². The third-order valence-corrected chi connectivity index (χ3v) is 3.01. The monoisotopic (exact) mass is 203 g/mol. The van der Waals surface area contributed by atoms with Gasteiger partial charge in [0.2, 0.25) is 0 Å². The van der Waals surface area contributed by atoms with Crippen molar-refractivity contribution in [3.63, 3.8) is 0 Å². The van der Waals surface area contributed by atoms with Crippen molar-refractivity contribution in [1.29, 1.82) is 0 Å². The molecule has 0 heterocycles.